The Morgan fingerprint density at radius 2 is 2.03 bits per heavy atom. The summed E-state index contributed by atoms with van der Waals surface area (Å²) in [6, 6.07) is 11.6. The fourth-order valence-corrected chi connectivity index (χ4v) is 4.36. The highest BCUT2D eigenvalue weighted by atomic mass is 32.1. The summed E-state index contributed by atoms with van der Waals surface area (Å²) in [5, 5.41) is 8.28. The number of thiazole rings is 1. The molecule has 1 atom stereocenters. The van der Waals surface area contributed by atoms with Crippen LogP contribution in [0.1, 0.15) is 35.0 Å². The van der Waals surface area contributed by atoms with E-state index in [-0.39, 0.29) is 17.6 Å². The van der Waals surface area contributed by atoms with E-state index in [1.54, 1.807) is 17.6 Å². The first-order valence-corrected chi connectivity index (χ1v) is 10.3. The number of likely N-dealkylation sites (tertiary alicyclic amines) is 1. The van der Waals surface area contributed by atoms with E-state index in [0.717, 1.165) is 23.1 Å². The normalized spacial score (nSPS) is 17.0. The van der Waals surface area contributed by atoms with Gasteiger partial charge >= 0.3 is 0 Å². The Bertz CT molecular complexity index is 1170. The highest BCUT2D eigenvalue weighted by Gasteiger charge is 2.29. The van der Waals surface area contributed by atoms with Crippen molar-refractivity contribution in [3.05, 3.63) is 65.2 Å². The maximum atomic E-state index is 13.1. The number of halogens is 1. The molecule has 0 radical (unpaired) electrons. The summed E-state index contributed by atoms with van der Waals surface area (Å²) in [4.78, 5) is 19.1. The Balaban J connectivity index is 1.34. The SMILES string of the molecule is O=C(c1ccc2ncsc2c1)N1CCCC(c2nnc(-c3ccc(F)cc3)o2)C1. The molecule has 1 fully saturated rings. The van der Waals surface area contributed by atoms with Gasteiger partial charge in [-0.3, -0.25) is 4.79 Å². The molecule has 6 nitrogen and oxygen atoms in total. The Morgan fingerprint density at radius 1 is 1.17 bits per heavy atom. The number of aromatic nitrogens is 3. The summed E-state index contributed by atoms with van der Waals surface area (Å²) >= 11 is 1.53. The lowest BCUT2D eigenvalue weighted by Gasteiger charge is -2.31. The Kier molecular flexibility index (Phi) is 4.55. The number of rotatable bonds is 3. The molecule has 3 heterocycles. The molecule has 29 heavy (non-hydrogen) atoms. The predicted molar refractivity (Wildman–Crippen MR) is 107 cm³/mol. The van der Waals surface area contributed by atoms with Crippen LogP contribution in [0.15, 0.2) is 52.4 Å². The summed E-state index contributed by atoms with van der Waals surface area (Å²) in [5.41, 5.74) is 4.03. The van der Waals surface area contributed by atoms with Crippen LogP contribution in [-0.4, -0.2) is 39.1 Å². The maximum Gasteiger partial charge on any atom is 0.253 e. The molecule has 0 N–H and O–H groups in total. The number of hydrogen-bond donors (Lipinski definition) is 0. The summed E-state index contributed by atoms with van der Waals surface area (Å²) in [6.45, 7) is 1.24. The van der Waals surface area contributed by atoms with Crippen molar-refractivity contribution in [3.8, 4) is 11.5 Å². The molecule has 146 valence electrons. The topological polar surface area (TPSA) is 72.1 Å². The molecule has 1 saturated heterocycles. The second kappa shape index (κ2) is 7.36. The first-order valence-electron chi connectivity index (χ1n) is 9.39. The zero-order valence-electron chi connectivity index (χ0n) is 15.4. The lowest BCUT2D eigenvalue weighted by atomic mass is 9.97. The number of piperidine rings is 1. The van der Waals surface area contributed by atoms with Gasteiger partial charge in [0.1, 0.15) is 5.82 Å². The molecule has 0 saturated carbocycles. The Labute approximate surface area is 170 Å². The minimum atomic E-state index is -0.313. The van der Waals surface area contributed by atoms with Crippen molar-refractivity contribution in [2.75, 3.05) is 13.1 Å². The lowest BCUT2D eigenvalue weighted by molar-refractivity contribution is 0.0698. The van der Waals surface area contributed by atoms with Gasteiger partial charge in [0, 0.05) is 24.2 Å². The fraction of sp³-hybridized carbons (Fsp3) is 0.238. The first kappa shape index (κ1) is 17.9. The summed E-state index contributed by atoms with van der Waals surface area (Å²) < 4.78 is 20.0. The average Bonchev–Trinajstić information content (AvgIpc) is 3.43. The second-order valence-corrected chi connectivity index (χ2v) is 7.96. The molecule has 1 aliphatic rings. The smallest absolute Gasteiger partial charge is 0.253 e. The van der Waals surface area contributed by atoms with Crippen molar-refractivity contribution < 1.29 is 13.6 Å². The third-order valence-corrected chi connectivity index (χ3v) is 5.96. The van der Waals surface area contributed by atoms with Crippen molar-refractivity contribution in [2.24, 2.45) is 0 Å². The molecule has 2 aromatic heterocycles. The van der Waals surface area contributed by atoms with Gasteiger partial charge in [-0.2, -0.15) is 0 Å². The van der Waals surface area contributed by atoms with Gasteiger partial charge in [-0.15, -0.1) is 21.5 Å². The van der Waals surface area contributed by atoms with Crippen LogP contribution in [0.4, 0.5) is 4.39 Å². The van der Waals surface area contributed by atoms with Crippen molar-refractivity contribution in [3.63, 3.8) is 0 Å². The summed E-state index contributed by atoms with van der Waals surface area (Å²) in [6.07, 6.45) is 1.75. The largest absolute Gasteiger partial charge is 0.420 e. The molecule has 2 aromatic carbocycles. The standard InChI is InChI=1S/C21H17FN4O2S/c22-16-6-3-13(4-7-16)19-24-25-20(28-19)15-2-1-9-26(11-15)21(27)14-5-8-17-18(10-14)29-12-23-17/h3-8,10,12,15H,1-2,9,11H2. The van der Waals surface area contributed by atoms with Crippen LogP contribution in [-0.2, 0) is 0 Å². The van der Waals surface area contributed by atoms with Crippen LogP contribution in [0, 0.1) is 5.82 Å². The van der Waals surface area contributed by atoms with E-state index in [2.05, 4.69) is 15.2 Å². The summed E-state index contributed by atoms with van der Waals surface area (Å²) in [5.74, 6) is 0.551. The van der Waals surface area contributed by atoms with E-state index in [4.69, 9.17) is 4.42 Å². The monoisotopic (exact) mass is 408 g/mol. The van der Waals surface area contributed by atoms with Gasteiger partial charge in [-0.1, -0.05) is 0 Å². The number of amides is 1. The molecular formula is C21H17FN4O2S. The van der Waals surface area contributed by atoms with Gasteiger partial charge < -0.3 is 9.32 Å². The van der Waals surface area contributed by atoms with E-state index in [1.165, 1.54) is 23.5 Å². The van der Waals surface area contributed by atoms with E-state index < -0.39 is 0 Å². The van der Waals surface area contributed by atoms with Crippen molar-refractivity contribution >= 4 is 27.5 Å². The highest BCUT2D eigenvalue weighted by Crippen LogP contribution is 2.30. The molecule has 5 rings (SSSR count). The predicted octanol–water partition coefficient (Wildman–Crippen LogP) is 4.51. The van der Waals surface area contributed by atoms with E-state index in [1.807, 2.05) is 23.1 Å². The Hall–Kier alpha value is -3.13. The van der Waals surface area contributed by atoms with E-state index >= 15 is 0 Å². The summed E-state index contributed by atoms with van der Waals surface area (Å²) in [7, 11) is 0. The lowest BCUT2D eigenvalue weighted by Crippen LogP contribution is -2.39. The maximum absolute atomic E-state index is 13.1. The molecule has 8 heteroatoms. The second-order valence-electron chi connectivity index (χ2n) is 7.08. The minimum absolute atomic E-state index is 0.00303. The highest BCUT2D eigenvalue weighted by molar-refractivity contribution is 7.16. The van der Waals surface area contributed by atoms with Crippen molar-refractivity contribution in [1.29, 1.82) is 0 Å². The molecule has 0 aliphatic carbocycles. The van der Waals surface area contributed by atoms with Crippen LogP contribution in [0.25, 0.3) is 21.7 Å². The number of nitrogens with zero attached hydrogens (tertiary/aromatic N) is 4. The van der Waals surface area contributed by atoms with Gasteiger partial charge in [0.2, 0.25) is 11.8 Å². The quantitative estimate of drug-likeness (QED) is 0.499. The van der Waals surface area contributed by atoms with Crippen LogP contribution in [0.5, 0.6) is 0 Å². The van der Waals surface area contributed by atoms with Crippen molar-refractivity contribution in [2.45, 2.75) is 18.8 Å². The van der Waals surface area contributed by atoms with Crippen molar-refractivity contribution in [1.82, 2.24) is 20.1 Å². The fourth-order valence-electron chi connectivity index (χ4n) is 3.64. The van der Waals surface area contributed by atoms with Crippen LogP contribution in [0.2, 0.25) is 0 Å². The zero-order valence-corrected chi connectivity index (χ0v) is 16.2. The molecule has 1 unspecified atom stereocenters. The van der Waals surface area contributed by atoms with Gasteiger partial charge in [0.25, 0.3) is 5.91 Å². The molecule has 4 aromatic rings. The number of hydrogen-bond acceptors (Lipinski definition) is 6. The van der Waals surface area contributed by atoms with Crippen LogP contribution >= 0.6 is 11.3 Å². The number of benzene rings is 2. The van der Waals surface area contributed by atoms with E-state index in [9.17, 15) is 9.18 Å². The number of fused-ring (bicyclic) bond motifs is 1. The molecular weight excluding hydrogens is 391 g/mol. The molecule has 0 bridgehead atoms. The molecule has 1 aliphatic heterocycles. The van der Waals surface area contributed by atoms with Gasteiger partial charge in [0.15, 0.2) is 0 Å². The number of carbonyl (C=O) groups is 1. The average molecular weight is 408 g/mol. The third kappa shape index (κ3) is 3.51. The molecule has 0 spiro atoms. The third-order valence-electron chi connectivity index (χ3n) is 5.17. The van der Waals surface area contributed by atoms with Gasteiger partial charge in [-0.05, 0) is 55.3 Å². The zero-order chi connectivity index (χ0) is 19.8. The minimum Gasteiger partial charge on any atom is -0.420 e. The van der Waals surface area contributed by atoms with Gasteiger partial charge in [0.05, 0.1) is 21.6 Å². The first-order chi connectivity index (χ1) is 14.2. The van der Waals surface area contributed by atoms with Crippen LogP contribution in [0.3, 0.4) is 0 Å². The Morgan fingerprint density at radius 3 is 2.90 bits per heavy atom. The number of carbonyl (C=O) groups excluding carboxylic acids is 1. The van der Waals surface area contributed by atoms with Crippen LogP contribution < -0.4 is 0 Å². The van der Waals surface area contributed by atoms with E-state index in [0.29, 0.717) is 36.0 Å². The van der Waals surface area contributed by atoms with Gasteiger partial charge in [-0.25, -0.2) is 9.37 Å². The molecule has 1 amide bonds.